The Labute approximate surface area is 181 Å². The Hall–Kier alpha value is -2.97. The third kappa shape index (κ3) is 4.40. The summed E-state index contributed by atoms with van der Waals surface area (Å²) in [6, 6.07) is 4.21. The molecular formula is C23H28FN5O2. The number of carbonyl (C=O) groups excluding carboxylic acids is 2. The molecule has 0 aliphatic carbocycles. The van der Waals surface area contributed by atoms with Crippen LogP contribution < -0.4 is 10.6 Å². The van der Waals surface area contributed by atoms with E-state index in [-0.39, 0.29) is 11.8 Å². The zero-order valence-electron chi connectivity index (χ0n) is 18.1. The summed E-state index contributed by atoms with van der Waals surface area (Å²) in [4.78, 5) is 33.1. The third-order valence-corrected chi connectivity index (χ3v) is 6.07. The SMILES string of the molecule is Cc1[nH]c(/C=C2\C(=O)Nc3ccc(F)cc32)c(C)c1C(=O)NCCN1CCN(C)CC1. The lowest BCUT2D eigenvalue weighted by Crippen LogP contribution is -2.46. The van der Waals surface area contributed by atoms with Crippen molar-refractivity contribution in [2.45, 2.75) is 13.8 Å². The Bertz CT molecular complexity index is 1050. The number of piperazine rings is 1. The number of nitrogens with zero attached hydrogens (tertiary/aromatic N) is 2. The van der Waals surface area contributed by atoms with E-state index in [1.807, 2.05) is 13.8 Å². The summed E-state index contributed by atoms with van der Waals surface area (Å²) in [5.74, 6) is -0.821. The van der Waals surface area contributed by atoms with Crippen LogP contribution in [0.15, 0.2) is 18.2 Å². The highest BCUT2D eigenvalue weighted by Crippen LogP contribution is 2.34. The molecular weight excluding hydrogens is 397 g/mol. The van der Waals surface area contributed by atoms with Gasteiger partial charge < -0.3 is 20.5 Å². The van der Waals surface area contributed by atoms with Gasteiger partial charge in [-0.3, -0.25) is 14.5 Å². The lowest BCUT2D eigenvalue weighted by atomic mass is 10.0. The first kappa shape index (κ1) is 21.3. The van der Waals surface area contributed by atoms with Gasteiger partial charge in [0.1, 0.15) is 5.82 Å². The molecule has 3 N–H and O–H groups in total. The van der Waals surface area contributed by atoms with Gasteiger partial charge in [-0.2, -0.15) is 0 Å². The van der Waals surface area contributed by atoms with Gasteiger partial charge in [0.15, 0.2) is 0 Å². The molecule has 2 amide bonds. The molecule has 1 saturated heterocycles. The largest absolute Gasteiger partial charge is 0.358 e. The number of nitrogens with one attached hydrogen (secondary N) is 3. The fraction of sp³-hybridized carbons (Fsp3) is 0.391. The summed E-state index contributed by atoms with van der Waals surface area (Å²) in [5, 5.41) is 5.76. The summed E-state index contributed by atoms with van der Waals surface area (Å²) in [5.41, 5.74) is 4.24. The molecule has 8 heteroatoms. The smallest absolute Gasteiger partial charge is 0.256 e. The molecule has 0 atom stereocenters. The van der Waals surface area contributed by atoms with E-state index in [4.69, 9.17) is 0 Å². The number of benzene rings is 1. The molecule has 31 heavy (non-hydrogen) atoms. The van der Waals surface area contributed by atoms with E-state index in [9.17, 15) is 14.0 Å². The van der Waals surface area contributed by atoms with Gasteiger partial charge >= 0.3 is 0 Å². The molecule has 1 fully saturated rings. The second kappa shape index (κ2) is 8.64. The minimum atomic E-state index is -0.402. The highest BCUT2D eigenvalue weighted by Gasteiger charge is 2.26. The number of fused-ring (bicyclic) bond motifs is 1. The molecule has 2 aliphatic heterocycles. The number of aryl methyl sites for hydroxylation is 1. The first-order chi connectivity index (χ1) is 14.8. The van der Waals surface area contributed by atoms with Crippen molar-refractivity contribution in [3.63, 3.8) is 0 Å². The van der Waals surface area contributed by atoms with Crippen molar-refractivity contribution in [1.29, 1.82) is 0 Å². The van der Waals surface area contributed by atoms with E-state index < -0.39 is 5.82 Å². The van der Waals surface area contributed by atoms with E-state index in [1.54, 1.807) is 12.1 Å². The summed E-state index contributed by atoms with van der Waals surface area (Å²) >= 11 is 0. The first-order valence-corrected chi connectivity index (χ1v) is 10.5. The highest BCUT2D eigenvalue weighted by molar-refractivity contribution is 6.34. The second-order valence-electron chi connectivity index (χ2n) is 8.27. The second-order valence-corrected chi connectivity index (χ2v) is 8.27. The predicted octanol–water partition coefficient (Wildman–Crippen LogP) is 2.24. The predicted molar refractivity (Wildman–Crippen MR) is 119 cm³/mol. The third-order valence-electron chi connectivity index (χ3n) is 6.07. The maximum atomic E-state index is 13.7. The van der Waals surface area contributed by atoms with Crippen LogP contribution in [-0.4, -0.2) is 72.9 Å². The van der Waals surface area contributed by atoms with Crippen LogP contribution in [0.3, 0.4) is 0 Å². The summed E-state index contributed by atoms with van der Waals surface area (Å²) in [7, 11) is 2.12. The lowest BCUT2D eigenvalue weighted by molar-refractivity contribution is -0.110. The molecule has 164 valence electrons. The Morgan fingerprint density at radius 3 is 2.71 bits per heavy atom. The topological polar surface area (TPSA) is 80.5 Å². The van der Waals surface area contributed by atoms with Crippen molar-refractivity contribution < 1.29 is 14.0 Å². The molecule has 0 bridgehead atoms. The zero-order chi connectivity index (χ0) is 22.1. The lowest BCUT2D eigenvalue weighted by Gasteiger charge is -2.32. The van der Waals surface area contributed by atoms with Gasteiger partial charge in [0, 0.05) is 61.9 Å². The molecule has 0 spiro atoms. The normalized spacial score (nSPS) is 18.3. The van der Waals surface area contributed by atoms with Crippen LogP contribution in [0.5, 0.6) is 0 Å². The van der Waals surface area contributed by atoms with Crippen LogP contribution in [0.4, 0.5) is 10.1 Å². The number of carbonyl (C=O) groups is 2. The Morgan fingerprint density at radius 2 is 1.97 bits per heavy atom. The highest BCUT2D eigenvalue weighted by atomic mass is 19.1. The quantitative estimate of drug-likeness (QED) is 0.642. The standard InChI is InChI=1S/C23H28FN5O2/c1-14-20(13-18-17-12-16(24)4-5-19(17)27-22(18)30)26-15(2)21(14)23(31)25-6-7-29-10-8-28(3)9-11-29/h4-5,12-13,26H,6-11H2,1-3H3,(H,25,31)(H,27,30)/b18-13-. The maximum absolute atomic E-state index is 13.7. The molecule has 0 radical (unpaired) electrons. The molecule has 0 saturated carbocycles. The van der Waals surface area contributed by atoms with E-state index >= 15 is 0 Å². The fourth-order valence-corrected chi connectivity index (χ4v) is 4.19. The molecule has 1 aromatic carbocycles. The van der Waals surface area contributed by atoms with Crippen LogP contribution in [-0.2, 0) is 4.79 Å². The molecule has 3 heterocycles. The van der Waals surface area contributed by atoms with Crippen molar-refractivity contribution >= 4 is 29.2 Å². The Kier molecular flexibility index (Phi) is 5.93. The van der Waals surface area contributed by atoms with E-state index in [0.29, 0.717) is 34.6 Å². The van der Waals surface area contributed by atoms with Crippen molar-refractivity contribution in [3.8, 4) is 0 Å². The van der Waals surface area contributed by atoms with Crippen LogP contribution in [0.25, 0.3) is 11.6 Å². The zero-order valence-corrected chi connectivity index (χ0v) is 18.1. The van der Waals surface area contributed by atoms with Crippen LogP contribution in [0.1, 0.15) is 32.9 Å². The van der Waals surface area contributed by atoms with E-state index in [1.165, 1.54) is 12.1 Å². The summed E-state index contributed by atoms with van der Waals surface area (Å²) in [6.07, 6.45) is 1.68. The Balaban J connectivity index is 1.48. The molecule has 0 unspecified atom stereocenters. The summed E-state index contributed by atoms with van der Waals surface area (Å²) in [6.45, 7) is 9.20. The first-order valence-electron chi connectivity index (χ1n) is 10.5. The number of rotatable bonds is 5. The van der Waals surface area contributed by atoms with Gasteiger partial charge in [-0.25, -0.2) is 4.39 Å². The van der Waals surface area contributed by atoms with Crippen LogP contribution in [0, 0.1) is 19.7 Å². The van der Waals surface area contributed by atoms with Crippen molar-refractivity contribution in [3.05, 3.63) is 52.1 Å². The molecule has 2 aliphatic rings. The molecule has 1 aromatic heterocycles. The average Bonchev–Trinajstić information content (AvgIpc) is 3.19. The van der Waals surface area contributed by atoms with Gasteiger partial charge in [-0.05, 0) is 50.7 Å². The van der Waals surface area contributed by atoms with E-state index in [0.717, 1.165) is 44.0 Å². The fourth-order valence-electron chi connectivity index (χ4n) is 4.19. The number of hydrogen-bond acceptors (Lipinski definition) is 4. The minimum Gasteiger partial charge on any atom is -0.358 e. The molecule has 7 nitrogen and oxygen atoms in total. The number of halogens is 1. The molecule has 2 aromatic rings. The number of H-pyrrole nitrogens is 1. The van der Waals surface area contributed by atoms with Crippen molar-refractivity contribution in [2.75, 3.05) is 51.6 Å². The Morgan fingerprint density at radius 1 is 1.23 bits per heavy atom. The van der Waals surface area contributed by atoms with Gasteiger partial charge in [0.25, 0.3) is 11.8 Å². The number of likely N-dealkylation sites (N-methyl/N-ethyl adjacent to an activating group) is 1. The van der Waals surface area contributed by atoms with E-state index in [2.05, 4.69) is 32.5 Å². The van der Waals surface area contributed by atoms with Crippen molar-refractivity contribution in [1.82, 2.24) is 20.1 Å². The minimum absolute atomic E-state index is 0.132. The number of amides is 2. The number of anilines is 1. The average molecular weight is 426 g/mol. The van der Waals surface area contributed by atoms with Crippen LogP contribution >= 0.6 is 0 Å². The van der Waals surface area contributed by atoms with Gasteiger partial charge in [-0.1, -0.05) is 0 Å². The molecule has 4 rings (SSSR count). The van der Waals surface area contributed by atoms with Gasteiger partial charge in [-0.15, -0.1) is 0 Å². The van der Waals surface area contributed by atoms with Crippen LogP contribution in [0.2, 0.25) is 0 Å². The van der Waals surface area contributed by atoms with Crippen molar-refractivity contribution in [2.24, 2.45) is 0 Å². The number of hydrogen-bond donors (Lipinski definition) is 3. The number of aromatic nitrogens is 1. The summed E-state index contributed by atoms with van der Waals surface area (Å²) < 4.78 is 13.7. The van der Waals surface area contributed by atoms with Gasteiger partial charge in [0.2, 0.25) is 0 Å². The maximum Gasteiger partial charge on any atom is 0.256 e. The number of aromatic amines is 1. The monoisotopic (exact) mass is 425 g/mol. The van der Waals surface area contributed by atoms with Gasteiger partial charge in [0.05, 0.1) is 11.1 Å².